The number of ether oxygens (including phenoxy) is 1. The first-order valence-corrected chi connectivity index (χ1v) is 12.0. The van der Waals surface area contributed by atoms with Crippen LogP contribution in [0.15, 0.2) is 24.3 Å². The van der Waals surface area contributed by atoms with Crippen LogP contribution in [0, 0.1) is 5.41 Å². The van der Waals surface area contributed by atoms with Gasteiger partial charge in [-0.1, -0.05) is 109 Å². The van der Waals surface area contributed by atoms with Gasteiger partial charge in [0.05, 0.1) is 7.11 Å². The maximum Gasteiger partial charge on any atom is 0.118 e. The highest BCUT2D eigenvalue weighted by atomic mass is 16.5. The molecule has 0 aliphatic heterocycles. The van der Waals surface area contributed by atoms with E-state index >= 15 is 0 Å². The van der Waals surface area contributed by atoms with Crippen molar-refractivity contribution in [3.8, 4) is 5.75 Å². The van der Waals surface area contributed by atoms with Gasteiger partial charge in [-0.15, -0.1) is 0 Å². The zero-order valence-corrected chi connectivity index (χ0v) is 18.7. The highest BCUT2D eigenvalue weighted by Crippen LogP contribution is 2.15. The van der Waals surface area contributed by atoms with Crippen molar-refractivity contribution in [2.75, 3.05) is 7.11 Å². The Balaban J connectivity index is 1.84. The average Bonchev–Trinajstić information content (AvgIpc) is 2.71. The van der Waals surface area contributed by atoms with Crippen LogP contribution < -0.4 is 4.74 Å². The predicted octanol–water partition coefficient (Wildman–Crippen LogP) is 8.52. The lowest BCUT2D eigenvalue weighted by Gasteiger charge is -2.06. The van der Waals surface area contributed by atoms with Gasteiger partial charge < -0.3 is 10.1 Å². The second-order valence-corrected chi connectivity index (χ2v) is 8.33. The fourth-order valence-electron chi connectivity index (χ4n) is 3.79. The SMILES string of the molecule is CCCCCCCCCCCCCCCCCC(=N)Cc1ccc(OC)cc1. The Morgan fingerprint density at radius 2 is 1.11 bits per heavy atom. The number of rotatable bonds is 19. The quantitative estimate of drug-likeness (QED) is 0.187. The van der Waals surface area contributed by atoms with Gasteiger partial charge in [-0.25, -0.2) is 0 Å². The highest BCUT2D eigenvalue weighted by molar-refractivity contribution is 5.83. The van der Waals surface area contributed by atoms with Crippen LogP contribution in [-0.4, -0.2) is 12.8 Å². The zero-order valence-electron chi connectivity index (χ0n) is 18.7. The van der Waals surface area contributed by atoms with E-state index in [0.29, 0.717) is 0 Å². The number of hydrogen-bond donors (Lipinski definition) is 1. The van der Waals surface area contributed by atoms with Gasteiger partial charge in [0, 0.05) is 12.1 Å². The summed E-state index contributed by atoms with van der Waals surface area (Å²) >= 11 is 0. The maximum absolute atomic E-state index is 8.17. The predicted molar refractivity (Wildman–Crippen MR) is 124 cm³/mol. The van der Waals surface area contributed by atoms with Crippen LogP contribution in [0.4, 0.5) is 0 Å². The molecule has 0 saturated carbocycles. The Kier molecular flexibility index (Phi) is 15.7. The van der Waals surface area contributed by atoms with Gasteiger partial charge in [-0.2, -0.15) is 0 Å². The standard InChI is InChI=1S/C26H45NO/c1-3-4-5-6-7-8-9-10-11-12-13-14-15-16-17-18-25(27)23-24-19-21-26(28-2)22-20-24/h19-22,27H,3-18,23H2,1-2H3. The third kappa shape index (κ3) is 13.8. The van der Waals surface area contributed by atoms with Crippen LogP contribution in [0.25, 0.3) is 0 Å². The molecule has 0 aliphatic rings. The van der Waals surface area contributed by atoms with E-state index in [1.807, 2.05) is 12.1 Å². The van der Waals surface area contributed by atoms with Crippen molar-refractivity contribution in [3.63, 3.8) is 0 Å². The number of nitrogens with one attached hydrogen (secondary N) is 1. The largest absolute Gasteiger partial charge is 0.497 e. The molecule has 0 aliphatic carbocycles. The van der Waals surface area contributed by atoms with Crippen molar-refractivity contribution in [3.05, 3.63) is 29.8 Å². The lowest BCUT2D eigenvalue weighted by atomic mass is 10.0. The maximum atomic E-state index is 8.17. The Labute approximate surface area is 175 Å². The van der Waals surface area contributed by atoms with E-state index in [1.54, 1.807) is 7.11 Å². The third-order valence-corrected chi connectivity index (χ3v) is 5.66. The first-order valence-electron chi connectivity index (χ1n) is 12.0. The molecule has 0 bridgehead atoms. The molecule has 0 radical (unpaired) electrons. The average molecular weight is 388 g/mol. The lowest BCUT2D eigenvalue weighted by Crippen LogP contribution is -2.01. The van der Waals surface area contributed by atoms with E-state index in [1.165, 1.54) is 102 Å². The summed E-state index contributed by atoms with van der Waals surface area (Å²) in [5.74, 6) is 0.887. The molecule has 2 nitrogen and oxygen atoms in total. The van der Waals surface area contributed by atoms with Crippen molar-refractivity contribution in [2.24, 2.45) is 0 Å². The number of methoxy groups -OCH3 is 1. The third-order valence-electron chi connectivity index (χ3n) is 5.66. The van der Waals surface area contributed by atoms with Gasteiger partial charge in [0.15, 0.2) is 0 Å². The molecule has 0 saturated heterocycles. The van der Waals surface area contributed by atoms with Gasteiger partial charge in [0.1, 0.15) is 5.75 Å². The number of hydrogen-bond acceptors (Lipinski definition) is 2. The Hall–Kier alpha value is -1.31. The van der Waals surface area contributed by atoms with Gasteiger partial charge in [0.2, 0.25) is 0 Å². The van der Waals surface area contributed by atoms with Crippen molar-refractivity contribution in [1.82, 2.24) is 0 Å². The summed E-state index contributed by atoms with van der Waals surface area (Å²) < 4.78 is 5.18. The highest BCUT2D eigenvalue weighted by Gasteiger charge is 2.01. The molecular weight excluding hydrogens is 342 g/mol. The second kappa shape index (κ2) is 17.8. The van der Waals surface area contributed by atoms with E-state index in [4.69, 9.17) is 10.1 Å². The minimum Gasteiger partial charge on any atom is -0.497 e. The Morgan fingerprint density at radius 1 is 0.679 bits per heavy atom. The molecule has 2 heteroatoms. The zero-order chi connectivity index (χ0) is 20.3. The Bertz CT molecular complexity index is 480. The van der Waals surface area contributed by atoms with E-state index in [2.05, 4.69) is 19.1 Å². The van der Waals surface area contributed by atoms with Crippen molar-refractivity contribution < 1.29 is 4.74 Å². The molecule has 0 aromatic heterocycles. The van der Waals surface area contributed by atoms with Crippen LogP contribution >= 0.6 is 0 Å². The molecule has 28 heavy (non-hydrogen) atoms. The van der Waals surface area contributed by atoms with E-state index in [-0.39, 0.29) is 0 Å². The second-order valence-electron chi connectivity index (χ2n) is 8.33. The summed E-state index contributed by atoms with van der Waals surface area (Å²) in [5.41, 5.74) is 2.08. The van der Waals surface area contributed by atoms with Crippen molar-refractivity contribution in [1.29, 1.82) is 5.41 Å². The normalized spacial score (nSPS) is 10.9. The van der Waals surface area contributed by atoms with Crippen LogP contribution in [0.2, 0.25) is 0 Å². The fraction of sp³-hybridized carbons (Fsp3) is 0.731. The first kappa shape index (κ1) is 24.7. The minimum absolute atomic E-state index is 0.780. The summed E-state index contributed by atoms with van der Waals surface area (Å²) in [5, 5.41) is 8.17. The number of benzene rings is 1. The molecule has 1 rings (SSSR count). The monoisotopic (exact) mass is 387 g/mol. The summed E-state index contributed by atoms with van der Waals surface area (Å²) in [6.45, 7) is 2.29. The summed E-state index contributed by atoms with van der Waals surface area (Å²) in [7, 11) is 1.69. The van der Waals surface area contributed by atoms with Gasteiger partial charge in [0.25, 0.3) is 0 Å². The van der Waals surface area contributed by atoms with Crippen molar-refractivity contribution in [2.45, 2.75) is 116 Å². The summed E-state index contributed by atoms with van der Waals surface area (Å²) in [6, 6.07) is 8.10. The van der Waals surface area contributed by atoms with Crippen molar-refractivity contribution >= 4 is 5.71 Å². The molecule has 0 spiro atoms. The molecule has 0 atom stereocenters. The van der Waals surface area contributed by atoms with E-state index in [9.17, 15) is 0 Å². The van der Waals surface area contributed by atoms with E-state index in [0.717, 1.165) is 24.3 Å². The van der Waals surface area contributed by atoms with E-state index < -0.39 is 0 Å². The molecule has 0 heterocycles. The van der Waals surface area contributed by atoms with Gasteiger partial charge >= 0.3 is 0 Å². The number of unbranched alkanes of at least 4 members (excludes halogenated alkanes) is 14. The molecule has 160 valence electrons. The van der Waals surface area contributed by atoms with Gasteiger partial charge in [-0.05, 0) is 30.5 Å². The molecule has 0 fully saturated rings. The Morgan fingerprint density at radius 3 is 1.54 bits per heavy atom. The topological polar surface area (TPSA) is 33.1 Å². The molecule has 1 aromatic rings. The minimum atomic E-state index is 0.780. The smallest absolute Gasteiger partial charge is 0.118 e. The van der Waals surface area contributed by atoms with Crippen LogP contribution in [0.5, 0.6) is 5.75 Å². The van der Waals surface area contributed by atoms with Gasteiger partial charge in [-0.3, -0.25) is 0 Å². The molecular formula is C26H45NO. The van der Waals surface area contributed by atoms with Crippen LogP contribution in [0.1, 0.15) is 115 Å². The fourth-order valence-corrected chi connectivity index (χ4v) is 3.79. The van der Waals surface area contributed by atoms with Crippen LogP contribution in [-0.2, 0) is 6.42 Å². The lowest BCUT2D eigenvalue weighted by molar-refractivity contribution is 0.414. The molecule has 1 N–H and O–H groups in total. The van der Waals surface area contributed by atoms with Crippen LogP contribution in [0.3, 0.4) is 0 Å². The summed E-state index contributed by atoms with van der Waals surface area (Å²) in [4.78, 5) is 0. The summed E-state index contributed by atoms with van der Waals surface area (Å²) in [6.07, 6.45) is 22.6. The first-order chi connectivity index (χ1) is 13.8. The molecule has 0 unspecified atom stereocenters. The molecule has 0 amide bonds. The molecule has 1 aromatic carbocycles.